The molecule has 1 unspecified atom stereocenters. The lowest BCUT2D eigenvalue weighted by atomic mass is 9.94. The first-order valence-electron chi connectivity index (χ1n) is 14.0. The number of ether oxygens (including phenoxy) is 3. The molecule has 0 aromatic heterocycles. The summed E-state index contributed by atoms with van der Waals surface area (Å²) in [5, 5.41) is 8.29. The van der Waals surface area contributed by atoms with Gasteiger partial charge in [-0.15, -0.1) is 0 Å². The van der Waals surface area contributed by atoms with Gasteiger partial charge in [0.25, 0.3) is 0 Å². The van der Waals surface area contributed by atoms with Gasteiger partial charge in [-0.25, -0.2) is 17.5 Å². The van der Waals surface area contributed by atoms with Crippen LogP contribution in [0.15, 0.2) is 11.3 Å². The molecule has 0 aromatic carbocycles. The minimum atomic E-state index is -3.26. The first kappa shape index (κ1) is 31.4. The first-order valence-corrected chi connectivity index (χ1v) is 15.5. The second-order valence-electron chi connectivity index (χ2n) is 10.8. The van der Waals surface area contributed by atoms with E-state index >= 15 is 0 Å². The van der Waals surface area contributed by atoms with Crippen LogP contribution in [0, 0.1) is 11.3 Å². The molecule has 2 heterocycles. The van der Waals surface area contributed by atoms with E-state index in [1.54, 1.807) is 23.1 Å². The highest BCUT2D eigenvalue weighted by Gasteiger charge is 2.33. The van der Waals surface area contributed by atoms with E-state index in [0.29, 0.717) is 57.4 Å². The molecule has 1 atom stereocenters. The molecule has 9 nitrogen and oxygen atoms in total. The van der Waals surface area contributed by atoms with E-state index in [-0.39, 0.29) is 36.2 Å². The molecule has 214 valence electrons. The smallest absolute Gasteiger partial charge is 0.410 e. The van der Waals surface area contributed by atoms with E-state index in [1.807, 2.05) is 20.8 Å². The van der Waals surface area contributed by atoms with Crippen molar-refractivity contribution in [3.05, 3.63) is 11.3 Å². The predicted octanol–water partition coefficient (Wildman–Crippen LogP) is 5.31. The van der Waals surface area contributed by atoms with Crippen LogP contribution >= 0.6 is 0 Å². The van der Waals surface area contributed by atoms with Crippen molar-refractivity contribution in [3.63, 3.8) is 0 Å². The molecular weight excluding hydrogens is 494 g/mol. The summed E-state index contributed by atoms with van der Waals surface area (Å²) in [5.74, 6) is 1.10. The molecule has 2 aliphatic heterocycles. The van der Waals surface area contributed by atoms with Crippen LogP contribution in [0.5, 0.6) is 0 Å². The Bertz CT molecular complexity index is 886. The Balaban J connectivity index is 2.06. The van der Waals surface area contributed by atoms with Gasteiger partial charge in [0.15, 0.2) is 0 Å². The molecule has 0 aliphatic carbocycles. The van der Waals surface area contributed by atoms with E-state index in [4.69, 9.17) is 19.6 Å². The summed E-state index contributed by atoms with van der Waals surface area (Å²) in [5.41, 5.74) is 0.708. The first-order chi connectivity index (χ1) is 17.4. The number of rotatable bonds is 11. The Morgan fingerprint density at radius 3 is 1.97 bits per heavy atom. The van der Waals surface area contributed by atoms with Crippen molar-refractivity contribution in [3.8, 4) is 0 Å². The second kappa shape index (κ2) is 14.4. The monoisotopic (exact) mass is 543 g/mol. The number of amides is 1. The maximum absolute atomic E-state index is 12.5. The molecule has 2 saturated heterocycles. The number of allylic oxidation sites excluding steroid dienone is 1. The van der Waals surface area contributed by atoms with Crippen molar-refractivity contribution in [1.29, 1.82) is 5.41 Å². The van der Waals surface area contributed by atoms with Gasteiger partial charge in [-0.3, -0.25) is 5.41 Å². The molecule has 37 heavy (non-hydrogen) atoms. The summed E-state index contributed by atoms with van der Waals surface area (Å²) in [4.78, 5) is 13.9. The maximum atomic E-state index is 12.5. The molecule has 2 rings (SSSR count). The van der Waals surface area contributed by atoms with Gasteiger partial charge in [0.1, 0.15) is 18.0 Å². The number of nitrogens with one attached hydrogen (secondary N) is 1. The van der Waals surface area contributed by atoms with Gasteiger partial charge in [-0.1, -0.05) is 20.3 Å². The molecule has 0 bridgehead atoms. The third-order valence-electron chi connectivity index (χ3n) is 7.18. The maximum Gasteiger partial charge on any atom is 0.410 e. The number of sulfonamides is 1. The largest absolute Gasteiger partial charge is 0.494 e. The van der Waals surface area contributed by atoms with Crippen molar-refractivity contribution in [1.82, 2.24) is 9.21 Å². The molecule has 2 fully saturated rings. The van der Waals surface area contributed by atoms with Crippen LogP contribution in [0.4, 0.5) is 4.79 Å². The normalized spacial score (nSPS) is 20.1. The van der Waals surface area contributed by atoms with Crippen LogP contribution in [0.3, 0.4) is 0 Å². The van der Waals surface area contributed by atoms with Crippen molar-refractivity contribution in [2.75, 3.05) is 26.2 Å². The Kier molecular flexibility index (Phi) is 12.2. The van der Waals surface area contributed by atoms with Gasteiger partial charge < -0.3 is 19.1 Å². The Morgan fingerprint density at radius 1 is 0.946 bits per heavy atom. The fourth-order valence-electron chi connectivity index (χ4n) is 4.84. The van der Waals surface area contributed by atoms with Gasteiger partial charge in [-0.2, -0.15) is 0 Å². The quantitative estimate of drug-likeness (QED) is 0.215. The lowest BCUT2D eigenvalue weighted by Crippen LogP contribution is -2.44. The number of hydrogen-bond donors (Lipinski definition) is 1. The summed E-state index contributed by atoms with van der Waals surface area (Å²) in [6.45, 7) is 15.3. The third kappa shape index (κ3) is 8.87. The van der Waals surface area contributed by atoms with Crippen LogP contribution in [0.25, 0.3) is 0 Å². The zero-order valence-corrected chi connectivity index (χ0v) is 24.7. The Hall–Kier alpha value is -1.81. The zero-order chi connectivity index (χ0) is 27.8. The number of likely N-dealkylation sites (tertiary alicyclic amines) is 1. The SMILES string of the molecule is CCCC(CC)C(OC1CCN(S(=O)(=O)C(C)C)CC1)=C(C)C(=N)OC1CCN(C(=O)OC(C)C)CC1. The molecule has 0 radical (unpaired) electrons. The highest BCUT2D eigenvalue weighted by atomic mass is 32.2. The van der Waals surface area contributed by atoms with Crippen LogP contribution in [-0.4, -0.2) is 79.4 Å². The fourth-order valence-corrected chi connectivity index (χ4v) is 6.16. The molecule has 1 amide bonds. The van der Waals surface area contributed by atoms with Gasteiger partial charge >= 0.3 is 6.09 Å². The average molecular weight is 544 g/mol. The molecule has 2 aliphatic rings. The predicted molar refractivity (Wildman–Crippen MR) is 146 cm³/mol. The van der Waals surface area contributed by atoms with E-state index in [2.05, 4.69) is 13.8 Å². The second-order valence-corrected chi connectivity index (χ2v) is 13.2. The molecule has 10 heteroatoms. The van der Waals surface area contributed by atoms with E-state index in [9.17, 15) is 13.2 Å². The Labute approximate surface area is 224 Å². The summed E-state index contributed by atoms with van der Waals surface area (Å²) in [7, 11) is -3.26. The van der Waals surface area contributed by atoms with Crippen LogP contribution in [-0.2, 0) is 24.2 Å². The van der Waals surface area contributed by atoms with Gasteiger partial charge in [0.2, 0.25) is 15.9 Å². The molecule has 0 spiro atoms. The number of carbonyl (C=O) groups excluding carboxylic acids is 1. The third-order valence-corrected chi connectivity index (χ3v) is 9.46. The van der Waals surface area contributed by atoms with Crippen LogP contribution in [0.2, 0.25) is 0 Å². The molecule has 0 saturated carbocycles. The number of hydrogen-bond acceptors (Lipinski definition) is 7. The number of carbonyl (C=O) groups is 1. The van der Waals surface area contributed by atoms with E-state index < -0.39 is 15.3 Å². The molecule has 1 N–H and O–H groups in total. The summed E-state index contributed by atoms with van der Waals surface area (Å²) < 4.78 is 44.6. The molecule has 0 aromatic rings. The Morgan fingerprint density at radius 2 is 1.49 bits per heavy atom. The highest BCUT2D eigenvalue weighted by Crippen LogP contribution is 2.30. The number of piperidine rings is 2. The lowest BCUT2D eigenvalue weighted by molar-refractivity contribution is 0.0456. The standard InChI is InChI=1S/C27H49N3O6S/c1-8-10-22(9-2)25(35-23-13-17-30(18-14-23)37(32,33)20(5)6)21(7)26(28)36-24-11-15-29(16-12-24)27(31)34-19(3)4/h19-20,22-24,28H,8-18H2,1-7H3. The van der Waals surface area contributed by atoms with E-state index in [0.717, 1.165) is 25.0 Å². The summed E-state index contributed by atoms with van der Waals surface area (Å²) >= 11 is 0. The minimum absolute atomic E-state index is 0.0857. The van der Waals surface area contributed by atoms with Gasteiger partial charge in [-0.05, 0) is 60.3 Å². The number of nitrogens with zero attached hydrogens (tertiary/aromatic N) is 2. The van der Waals surface area contributed by atoms with Crippen molar-refractivity contribution < 1.29 is 27.4 Å². The summed E-state index contributed by atoms with van der Waals surface area (Å²) in [6.07, 6.45) is 4.73. The van der Waals surface area contributed by atoms with Crippen molar-refractivity contribution >= 4 is 22.0 Å². The van der Waals surface area contributed by atoms with Crippen molar-refractivity contribution in [2.24, 2.45) is 5.92 Å². The van der Waals surface area contributed by atoms with Crippen LogP contribution in [0.1, 0.15) is 93.4 Å². The topological polar surface area (TPSA) is 109 Å². The van der Waals surface area contributed by atoms with Gasteiger partial charge in [0.05, 0.1) is 11.4 Å². The van der Waals surface area contributed by atoms with Crippen molar-refractivity contribution in [2.45, 2.75) is 117 Å². The fraction of sp³-hybridized carbons (Fsp3) is 0.852. The zero-order valence-electron chi connectivity index (χ0n) is 23.9. The van der Waals surface area contributed by atoms with Gasteiger partial charge in [0, 0.05) is 50.5 Å². The average Bonchev–Trinajstić information content (AvgIpc) is 2.85. The molecular formula is C27H49N3O6S. The van der Waals surface area contributed by atoms with E-state index in [1.165, 1.54) is 0 Å². The van der Waals surface area contributed by atoms with Crippen LogP contribution < -0.4 is 0 Å². The lowest BCUT2D eigenvalue weighted by Gasteiger charge is -2.35. The highest BCUT2D eigenvalue weighted by molar-refractivity contribution is 7.89. The minimum Gasteiger partial charge on any atom is -0.494 e. The summed E-state index contributed by atoms with van der Waals surface area (Å²) in [6, 6.07) is 0.